The first kappa shape index (κ1) is 26.5. The van der Waals surface area contributed by atoms with Gasteiger partial charge >= 0.3 is 0 Å². The molecule has 0 saturated heterocycles. The third kappa shape index (κ3) is 5.13. The fraction of sp³-hybridized carbons (Fsp3) is 0.333. The summed E-state index contributed by atoms with van der Waals surface area (Å²) < 4.78 is 29.4. The van der Waals surface area contributed by atoms with Crippen LogP contribution in [0.25, 0.3) is 10.9 Å². The fourth-order valence-electron chi connectivity index (χ4n) is 5.30. The van der Waals surface area contributed by atoms with Crippen molar-refractivity contribution < 1.29 is 13.2 Å². The highest BCUT2D eigenvalue weighted by molar-refractivity contribution is 7.89. The van der Waals surface area contributed by atoms with Crippen molar-refractivity contribution in [2.24, 2.45) is 0 Å². The second-order valence-electron chi connectivity index (χ2n) is 9.77. The van der Waals surface area contributed by atoms with Gasteiger partial charge in [-0.1, -0.05) is 62.2 Å². The molecular weight excluding hydrogens is 514 g/mol. The molecule has 1 unspecified atom stereocenters. The largest absolute Gasteiger partial charge is 0.330 e. The zero-order valence-corrected chi connectivity index (χ0v) is 23.5. The number of carbonyl (C=O) groups excluding carboxylic acids is 1. The Balaban J connectivity index is 1.50. The molecule has 0 bridgehead atoms. The summed E-state index contributed by atoms with van der Waals surface area (Å²) in [6.07, 6.45) is 4.92. The number of pyridine rings is 1. The van der Waals surface area contributed by atoms with E-state index < -0.39 is 10.0 Å². The second kappa shape index (κ2) is 11.4. The summed E-state index contributed by atoms with van der Waals surface area (Å²) in [6.45, 7) is 4.80. The van der Waals surface area contributed by atoms with Crippen LogP contribution in [0.2, 0.25) is 0 Å². The van der Waals surface area contributed by atoms with Crippen molar-refractivity contribution in [2.45, 2.75) is 50.5 Å². The van der Waals surface area contributed by atoms with Crippen LogP contribution in [0.5, 0.6) is 0 Å². The molecule has 198 valence electrons. The lowest BCUT2D eigenvalue weighted by atomic mass is 9.90. The van der Waals surface area contributed by atoms with Crippen molar-refractivity contribution in [3.05, 3.63) is 93.8 Å². The minimum absolute atomic E-state index is 0.147. The standard InChI is InChI=1S/C30H33N3O3S2/c1-3-4-7-18-32(38(35,36)27-14-8-11-23-12-9-17-31-29(23)27)21-28(34)33-19-15-26-25(16-20-37-26)30(33)24-13-6-5-10-22(24)2/h5-6,8-14,16-17,20,30H,3-4,7,15,18-19,21H2,1-2H3. The fourth-order valence-corrected chi connectivity index (χ4v) is 7.80. The highest BCUT2D eigenvalue weighted by atomic mass is 32.2. The first-order chi connectivity index (χ1) is 18.4. The lowest BCUT2D eigenvalue weighted by Crippen LogP contribution is -2.47. The van der Waals surface area contributed by atoms with Crippen LogP contribution >= 0.6 is 11.3 Å². The van der Waals surface area contributed by atoms with Gasteiger partial charge in [-0.3, -0.25) is 9.78 Å². The molecule has 2 aromatic carbocycles. The molecule has 0 saturated carbocycles. The molecule has 5 rings (SSSR count). The van der Waals surface area contributed by atoms with Crippen molar-refractivity contribution in [1.29, 1.82) is 0 Å². The van der Waals surface area contributed by atoms with E-state index in [1.165, 1.54) is 9.18 Å². The number of thiophene rings is 1. The molecule has 0 N–H and O–H groups in total. The Morgan fingerprint density at radius 2 is 1.87 bits per heavy atom. The van der Waals surface area contributed by atoms with Gasteiger partial charge in [0.05, 0.1) is 18.1 Å². The van der Waals surface area contributed by atoms with Crippen molar-refractivity contribution in [1.82, 2.24) is 14.2 Å². The Morgan fingerprint density at radius 3 is 2.68 bits per heavy atom. The monoisotopic (exact) mass is 547 g/mol. The number of nitrogens with zero attached hydrogens (tertiary/aromatic N) is 3. The molecular formula is C30H33N3O3S2. The molecule has 2 aromatic heterocycles. The van der Waals surface area contributed by atoms with Gasteiger partial charge in [0.2, 0.25) is 15.9 Å². The van der Waals surface area contributed by atoms with E-state index in [2.05, 4.69) is 42.4 Å². The number of aromatic nitrogens is 1. The highest BCUT2D eigenvalue weighted by Gasteiger charge is 2.36. The summed E-state index contributed by atoms with van der Waals surface area (Å²) in [6, 6.07) is 18.9. The van der Waals surface area contributed by atoms with Gasteiger partial charge < -0.3 is 4.90 Å². The molecule has 4 aromatic rings. The van der Waals surface area contributed by atoms with E-state index in [-0.39, 0.29) is 29.9 Å². The summed E-state index contributed by atoms with van der Waals surface area (Å²) in [5.41, 5.74) is 3.77. The van der Waals surface area contributed by atoms with Gasteiger partial charge in [0, 0.05) is 29.5 Å². The summed E-state index contributed by atoms with van der Waals surface area (Å²) >= 11 is 1.72. The van der Waals surface area contributed by atoms with E-state index in [9.17, 15) is 13.2 Å². The zero-order chi connectivity index (χ0) is 26.7. The van der Waals surface area contributed by atoms with E-state index in [1.54, 1.807) is 35.7 Å². The first-order valence-electron chi connectivity index (χ1n) is 13.2. The molecule has 1 aliphatic heterocycles. The van der Waals surface area contributed by atoms with Gasteiger partial charge in [-0.25, -0.2) is 8.42 Å². The van der Waals surface area contributed by atoms with Crippen LogP contribution in [-0.4, -0.2) is 48.1 Å². The molecule has 1 aliphatic rings. The van der Waals surface area contributed by atoms with Crippen LogP contribution in [0.15, 0.2) is 77.1 Å². The van der Waals surface area contributed by atoms with Crippen LogP contribution in [-0.2, 0) is 21.2 Å². The average Bonchev–Trinajstić information content (AvgIpc) is 3.41. The molecule has 38 heavy (non-hydrogen) atoms. The molecule has 0 aliphatic carbocycles. The van der Waals surface area contributed by atoms with Crippen molar-refractivity contribution in [3.8, 4) is 0 Å². The smallest absolute Gasteiger partial charge is 0.245 e. The number of hydrogen-bond donors (Lipinski definition) is 0. The van der Waals surface area contributed by atoms with Gasteiger partial charge in [0.1, 0.15) is 4.90 Å². The molecule has 1 atom stereocenters. The third-order valence-electron chi connectivity index (χ3n) is 7.31. The number of hydrogen-bond acceptors (Lipinski definition) is 5. The average molecular weight is 548 g/mol. The predicted octanol–water partition coefficient (Wildman–Crippen LogP) is 5.96. The maximum absolute atomic E-state index is 14.0. The summed E-state index contributed by atoms with van der Waals surface area (Å²) in [7, 11) is -3.96. The lowest BCUT2D eigenvalue weighted by molar-refractivity contribution is -0.133. The maximum Gasteiger partial charge on any atom is 0.245 e. The van der Waals surface area contributed by atoms with E-state index >= 15 is 0 Å². The first-order valence-corrected chi connectivity index (χ1v) is 15.5. The number of unbranched alkanes of at least 4 members (excludes halogenated alkanes) is 2. The van der Waals surface area contributed by atoms with E-state index in [1.807, 2.05) is 29.2 Å². The van der Waals surface area contributed by atoms with Gasteiger partial charge in [0.25, 0.3) is 0 Å². The maximum atomic E-state index is 14.0. The normalized spacial score (nSPS) is 15.7. The molecule has 8 heteroatoms. The zero-order valence-electron chi connectivity index (χ0n) is 21.8. The Labute approximate surface area is 229 Å². The van der Waals surface area contributed by atoms with Crippen molar-refractivity contribution >= 4 is 38.2 Å². The van der Waals surface area contributed by atoms with Crippen LogP contribution in [0, 0.1) is 6.92 Å². The van der Waals surface area contributed by atoms with Gasteiger partial charge in [0.15, 0.2) is 0 Å². The Bertz CT molecular complexity index is 1540. The molecule has 3 heterocycles. The van der Waals surface area contributed by atoms with E-state index in [0.717, 1.165) is 41.3 Å². The summed E-state index contributed by atoms with van der Waals surface area (Å²) in [5.74, 6) is -0.177. The number of rotatable bonds is 9. The number of aryl methyl sites for hydroxylation is 1. The summed E-state index contributed by atoms with van der Waals surface area (Å²) in [4.78, 5) is 21.7. The molecule has 6 nitrogen and oxygen atoms in total. The lowest BCUT2D eigenvalue weighted by Gasteiger charge is -2.38. The predicted molar refractivity (Wildman–Crippen MR) is 153 cm³/mol. The SMILES string of the molecule is CCCCCN(CC(=O)N1CCc2sccc2C1c1ccccc1C)S(=O)(=O)c1cccc2cccnc12. The third-order valence-corrected chi connectivity index (χ3v) is 10.2. The van der Waals surface area contributed by atoms with Crippen LogP contribution in [0.1, 0.15) is 53.8 Å². The van der Waals surface area contributed by atoms with Crippen LogP contribution in [0.4, 0.5) is 0 Å². The van der Waals surface area contributed by atoms with Gasteiger partial charge in [-0.05, 0) is 60.0 Å². The van der Waals surface area contributed by atoms with E-state index in [4.69, 9.17) is 0 Å². The summed E-state index contributed by atoms with van der Waals surface area (Å²) in [5, 5.41) is 2.84. The number of para-hydroxylation sites is 1. The number of carbonyl (C=O) groups is 1. The minimum atomic E-state index is -3.96. The Hall–Kier alpha value is -3.07. The molecule has 0 fully saturated rings. The molecule has 0 radical (unpaired) electrons. The molecule has 0 spiro atoms. The van der Waals surface area contributed by atoms with Crippen molar-refractivity contribution in [2.75, 3.05) is 19.6 Å². The van der Waals surface area contributed by atoms with E-state index in [0.29, 0.717) is 18.5 Å². The van der Waals surface area contributed by atoms with Gasteiger partial charge in [-0.15, -0.1) is 11.3 Å². The topological polar surface area (TPSA) is 70.6 Å². The molecule has 1 amide bonds. The second-order valence-corrected chi connectivity index (χ2v) is 12.7. The van der Waals surface area contributed by atoms with Gasteiger partial charge in [-0.2, -0.15) is 4.31 Å². The number of fused-ring (bicyclic) bond motifs is 2. The number of amides is 1. The number of benzene rings is 2. The minimum Gasteiger partial charge on any atom is -0.330 e. The Kier molecular flexibility index (Phi) is 7.93. The quantitative estimate of drug-likeness (QED) is 0.243. The van der Waals surface area contributed by atoms with Crippen LogP contribution in [0.3, 0.4) is 0 Å². The highest BCUT2D eigenvalue weighted by Crippen LogP contribution is 2.39. The van der Waals surface area contributed by atoms with Crippen LogP contribution < -0.4 is 0 Å². The Morgan fingerprint density at radius 1 is 1.05 bits per heavy atom. The number of sulfonamides is 1. The van der Waals surface area contributed by atoms with Crippen molar-refractivity contribution in [3.63, 3.8) is 0 Å².